The SMILES string of the molecule is Cc1ccc(CNCCCC(F)(F)F)cn1. The van der Waals surface area contributed by atoms with Gasteiger partial charge in [0.05, 0.1) is 0 Å². The lowest BCUT2D eigenvalue weighted by Crippen LogP contribution is -2.17. The summed E-state index contributed by atoms with van der Waals surface area (Å²) in [7, 11) is 0. The second-order valence-electron chi connectivity index (χ2n) is 3.70. The molecule has 1 N–H and O–H groups in total. The normalized spacial score (nSPS) is 11.8. The third kappa shape index (κ3) is 5.70. The van der Waals surface area contributed by atoms with Crippen LogP contribution in [0.25, 0.3) is 0 Å². The number of aryl methyl sites for hydroxylation is 1. The fourth-order valence-electron chi connectivity index (χ4n) is 1.25. The molecule has 0 aliphatic heterocycles. The van der Waals surface area contributed by atoms with E-state index in [4.69, 9.17) is 0 Å². The van der Waals surface area contributed by atoms with Crippen LogP contribution in [0, 0.1) is 6.92 Å². The molecule has 0 aromatic carbocycles. The molecule has 5 heteroatoms. The molecule has 0 saturated heterocycles. The van der Waals surface area contributed by atoms with E-state index >= 15 is 0 Å². The second-order valence-corrected chi connectivity index (χ2v) is 3.70. The van der Waals surface area contributed by atoms with E-state index in [1.807, 2.05) is 19.1 Å². The summed E-state index contributed by atoms with van der Waals surface area (Å²) >= 11 is 0. The second kappa shape index (κ2) is 5.84. The van der Waals surface area contributed by atoms with Gasteiger partial charge in [0, 0.05) is 24.9 Å². The molecule has 0 saturated carbocycles. The first-order valence-corrected chi connectivity index (χ1v) is 5.16. The van der Waals surface area contributed by atoms with Gasteiger partial charge in [0.1, 0.15) is 0 Å². The Labute approximate surface area is 92.9 Å². The van der Waals surface area contributed by atoms with Crippen molar-refractivity contribution in [2.75, 3.05) is 6.54 Å². The molecular weight excluding hydrogens is 217 g/mol. The van der Waals surface area contributed by atoms with Gasteiger partial charge in [0.15, 0.2) is 0 Å². The van der Waals surface area contributed by atoms with Gasteiger partial charge in [0.25, 0.3) is 0 Å². The Balaban J connectivity index is 2.14. The van der Waals surface area contributed by atoms with Crippen molar-refractivity contribution in [2.45, 2.75) is 32.5 Å². The number of alkyl halides is 3. The molecule has 0 fully saturated rings. The highest BCUT2D eigenvalue weighted by Crippen LogP contribution is 2.20. The Morgan fingerprint density at radius 2 is 2.06 bits per heavy atom. The minimum Gasteiger partial charge on any atom is -0.313 e. The maximum atomic E-state index is 11.8. The third-order valence-electron chi connectivity index (χ3n) is 2.12. The standard InChI is InChI=1S/C11H15F3N2/c1-9-3-4-10(8-16-9)7-15-6-2-5-11(12,13)14/h3-4,8,15H,2,5-7H2,1H3. The van der Waals surface area contributed by atoms with E-state index in [0.29, 0.717) is 13.1 Å². The monoisotopic (exact) mass is 232 g/mol. The zero-order valence-corrected chi connectivity index (χ0v) is 9.14. The molecule has 0 spiro atoms. The van der Waals surface area contributed by atoms with Crippen molar-refractivity contribution in [3.63, 3.8) is 0 Å². The molecule has 0 unspecified atom stereocenters. The van der Waals surface area contributed by atoms with Gasteiger partial charge >= 0.3 is 6.18 Å². The molecule has 0 bridgehead atoms. The highest BCUT2D eigenvalue weighted by atomic mass is 19.4. The van der Waals surface area contributed by atoms with Gasteiger partial charge in [-0.3, -0.25) is 4.98 Å². The van der Waals surface area contributed by atoms with E-state index in [1.165, 1.54) is 0 Å². The molecule has 90 valence electrons. The van der Waals surface area contributed by atoms with Crippen molar-refractivity contribution in [2.24, 2.45) is 0 Å². The zero-order valence-electron chi connectivity index (χ0n) is 9.14. The zero-order chi connectivity index (χ0) is 12.0. The number of rotatable bonds is 5. The molecule has 0 aliphatic rings. The van der Waals surface area contributed by atoms with Crippen LogP contribution in [0.1, 0.15) is 24.1 Å². The van der Waals surface area contributed by atoms with Crippen molar-refractivity contribution >= 4 is 0 Å². The van der Waals surface area contributed by atoms with Crippen LogP contribution >= 0.6 is 0 Å². The summed E-state index contributed by atoms with van der Waals surface area (Å²) in [6.07, 6.45) is -2.94. The molecule has 1 rings (SSSR count). The van der Waals surface area contributed by atoms with Crippen LogP contribution in [0.15, 0.2) is 18.3 Å². The number of nitrogens with zero attached hydrogens (tertiary/aromatic N) is 1. The lowest BCUT2D eigenvalue weighted by molar-refractivity contribution is -0.135. The van der Waals surface area contributed by atoms with Crippen molar-refractivity contribution in [1.29, 1.82) is 0 Å². The Morgan fingerprint density at radius 1 is 1.31 bits per heavy atom. The maximum absolute atomic E-state index is 11.8. The average Bonchev–Trinajstić information content (AvgIpc) is 2.19. The Bertz CT molecular complexity index is 306. The van der Waals surface area contributed by atoms with Gasteiger partial charge in [0.2, 0.25) is 0 Å². The van der Waals surface area contributed by atoms with E-state index < -0.39 is 12.6 Å². The van der Waals surface area contributed by atoms with Crippen LogP contribution < -0.4 is 5.32 Å². The number of aromatic nitrogens is 1. The molecule has 0 aliphatic carbocycles. The summed E-state index contributed by atoms with van der Waals surface area (Å²) in [5, 5.41) is 2.95. The van der Waals surface area contributed by atoms with Gasteiger partial charge in [-0.1, -0.05) is 6.07 Å². The summed E-state index contributed by atoms with van der Waals surface area (Å²) in [6.45, 7) is 2.82. The molecule has 0 atom stereocenters. The summed E-state index contributed by atoms with van der Waals surface area (Å²) in [4.78, 5) is 4.10. The first-order chi connectivity index (χ1) is 7.47. The summed E-state index contributed by atoms with van der Waals surface area (Å²) in [6, 6.07) is 3.80. The number of hydrogen-bond acceptors (Lipinski definition) is 2. The lowest BCUT2D eigenvalue weighted by Gasteiger charge is -2.07. The first-order valence-electron chi connectivity index (χ1n) is 5.16. The third-order valence-corrected chi connectivity index (χ3v) is 2.12. The minimum absolute atomic E-state index is 0.114. The highest BCUT2D eigenvalue weighted by molar-refractivity contribution is 5.12. The fourth-order valence-corrected chi connectivity index (χ4v) is 1.25. The van der Waals surface area contributed by atoms with Gasteiger partial charge in [-0.15, -0.1) is 0 Å². The Kier molecular flexibility index (Phi) is 4.73. The van der Waals surface area contributed by atoms with Crippen molar-refractivity contribution in [3.8, 4) is 0 Å². The predicted octanol–water partition coefficient (Wildman–Crippen LogP) is 2.82. The quantitative estimate of drug-likeness (QED) is 0.789. The number of halogens is 3. The largest absolute Gasteiger partial charge is 0.389 e. The van der Waals surface area contributed by atoms with Crippen molar-refractivity contribution in [3.05, 3.63) is 29.6 Å². The van der Waals surface area contributed by atoms with Crippen molar-refractivity contribution < 1.29 is 13.2 Å². The van der Waals surface area contributed by atoms with Gasteiger partial charge in [-0.05, 0) is 31.5 Å². The van der Waals surface area contributed by atoms with Crippen LogP contribution in [0.4, 0.5) is 13.2 Å². The van der Waals surface area contributed by atoms with Gasteiger partial charge in [-0.2, -0.15) is 13.2 Å². The average molecular weight is 232 g/mol. The van der Waals surface area contributed by atoms with Gasteiger partial charge < -0.3 is 5.32 Å². The van der Waals surface area contributed by atoms with Crippen LogP contribution in [0.3, 0.4) is 0 Å². The Morgan fingerprint density at radius 3 is 2.62 bits per heavy atom. The summed E-state index contributed by atoms with van der Waals surface area (Å²) in [5.41, 5.74) is 1.92. The van der Waals surface area contributed by atoms with E-state index in [2.05, 4.69) is 10.3 Å². The minimum atomic E-state index is -4.05. The topological polar surface area (TPSA) is 24.9 Å². The maximum Gasteiger partial charge on any atom is 0.389 e. The van der Waals surface area contributed by atoms with Gasteiger partial charge in [-0.25, -0.2) is 0 Å². The van der Waals surface area contributed by atoms with Crippen molar-refractivity contribution in [1.82, 2.24) is 10.3 Å². The highest BCUT2D eigenvalue weighted by Gasteiger charge is 2.25. The van der Waals surface area contributed by atoms with Crippen LogP contribution in [0.2, 0.25) is 0 Å². The molecule has 1 aromatic heterocycles. The number of pyridine rings is 1. The van der Waals surface area contributed by atoms with E-state index in [1.54, 1.807) is 6.20 Å². The van der Waals surface area contributed by atoms with Crippen LogP contribution in [-0.4, -0.2) is 17.7 Å². The Hall–Kier alpha value is -1.10. The molecule has 2 nitrogen and oxygen atoms in total. The molecule has 1 aromatic rings. The number of hydrogen-bond donors (Lipinski definition) is 1. The van der Waals surface area contributed by atoms with E-state index in [-0.39, 0.29) is 6.42 Å². The molecule has 0 radical (unpaired) electrons. The molecule has 16 heavy (non-hydrogen) atoms. The smallest absolute Gasteiger partial charge is 0.313 e. The van der Waals surface area contributed by atoms with Crippen LogP contribution in [-0.2, 0) is 6.54 Å². The summed E-state index contributed by atoms with van der Waals surface area (Å²) in [5.74, 6) is 0. The number of nitrogens with one attached hydrogen (secondary N) is 1. The van der Waals surface area contributed by atoms with E-state index in [9.17, 15) is 13.2 Å². The molecule has 1 heterocycles. The predicted molar refractivity (Wildman–Crippen MR) is 56.0 cm³/mol. The molecule has 0 amide bonds. The van der Waals surface area contributed by atoms with Crippen LogP contribution in [0.5, 0.6) is 0 Å². The summed E-state index contributed by atoms with van der Waals surface area (Å²) < 4.78 is 35.4. The first kappa shape index (κ1) is 13.0. The fraction of sp³-hybridized carbons (Fsp3) is 0.545. The van der Waals surface area contributed by atoms with E-state index in [0.717, 1.165) is 11.3 Å². The lowest BCUT2D eigenvalue weighted by atomic mass is 10.2. The molecular formula is C11H15F3N2.